The summed E-state index contributed by atoms with van der Waals surface area (Å²) in [7, 11) is 1.56. The molecule has 1 N–H and O–H groups in total. The quantitative estimate of drug-likeness (QED) is 0.697. The van der Waals surface area contributed by atoms with Crippen molar-refractivity contribution in [2.45, 2.75) is 26.3 Å². The number of hydrogen-bond acceptors (Lipinski definition) is 4. The van der Waals surface area contributed by atoms with Gasteiger partial charge >= 0.3 is 0 Å². The highest BCUT2D eigenvalue weighted by molar-refractivity contribution is 6.30. The largest absolute Gasteiger partial charge is 0.481 e. The summed E-state index contributed by atoms with van der Waals surface area (Å²) in [6, 6.07) is 11.0. The van der Waals surface area contributed by atoms with Gasteiger partial charge in [0.15, 0.2) is 0 Å². The van der Waals surface area contributed by atoms with Gasteiger partial charge in [-0.15, -0.1) is 0 Å². The third-order valence-corrected chi connectivity index (χ3v) is 4.35. The Morgan fingerprint density at radius 3 is 2.81 bits per heavy atom. The molecule has 0 saturated heterocycles. The standard InChI is InChI=1S/C20H21ClN4O2/c1-13(2)19-17(12-24-25(19)16-6-4-5-15(21)10-16)20(26)23-11-14-7-8-22-18(9-14)27-3/h4-10,12-13H,11H2,1-3H3,(H,23,26). The second kappa shape index (κ2) is 8.22. The van der Waals surface area contributed by atoms with Crippen LogP contribution in [0.25, 0.3) is 5.69 Å². The van der Waals surface area contributed by atoms with Crippen molar-refractivity contribution in [3.05, 3.63) is 70.6 Å². The summed E-state index contributed by atoms with van der Waals surface area (Å²) in [5, 5.41) is 7.98. The van der Waals surface area contributed by atoms with Crippen molar-refractivity contribution in [1.29, 1.82) is 0 Å². The molecule has 140 valence electrons. The van der Waals surface area contributed by atoms with Crippen LogP contribution in [0.5, 0.6) is 5.88 Å². The Morgan fingerprint density at radius 1 is 1.30 bits per heavy atom. The average molecular weight is 385 g/mol. The number of pyridine rings is 1. The second-order valence-electron chi connectivity index (χ2n) is 6.38. The molecule has 0 fully saturated rings. The maximum atomic E-state index is 12.8. The summed E-state index contributed by atoms with van der Waals surface area (Å²) in [6.07, 6.45) is 3.25. The average Bonchev–Trinajstić information content (AvgIpc) is 3.12. The third kappa shape index (κ3) is 4.28. The Balaban J connectivity index is 1.84. The number of amides is 1. The van der Waals surface area contributed by atoms with Crippen LogP contribution in [0.2, 0.25) is 5.02 Å². The fourth-order valence-corrected chi connectivity index (χ4v) is 3.04. The minimum absolute atomic E-state index is 0.105. The van der Waals surface area contributed by atoms with Crippen LogP contribution in [0.15, 0.2) is 48.8 Å². The monoisotopic (exact) mass is 384 g/mol. The SMILES string of the molecule is COc1cc(CNC(=O)c2cnn(-c3cccc(Cl)c3)c2C(C)C)ccn1. The van der Waals surface area contributed by atoms with Crippen molar-refractivity contribution in [3.8, 4) is 11.6 Å². The van der Waals surface area contributed by atoms with E-state index in [-0.39, 0.29) is 11.8 Å². The Labute approximate surface area is 163 Å². The molecule has 0 aliphatic rings. The van der Waals surface area contributed by atoms with E-state index in [0.717, 1.165) is 16.9 Å². The van der Waals surface area contributed by atoms with Gasteiger partial charge in [0.2, 0.25) is 5.88 Å². The summed E-state index contributed by atoms with van der Waals surface area (Å²) in [6.45, 7) is 4.43. The predicted molar refractivity (Wildman–Crippen MR) is 105 cm³/mol. The Bertz CT molecular complexity index is 953. The van der Waals surface area contributed by atoms with E-state index in [1.165, 1.54) is 0 Å². The second-order valence-corrected chi connectivity index (χ2v) is 6.82. The number of aromatic nitrogens is 3. The molecule has 0 radical (unpaired) electrons. The first-order valence-corrected chi connectivity index (χ1v) is 8.98. The van der Waals surface area contributed by atoms with E-state index in [1.54, 1.807) is 36.3 Å². The van der Waals surface area contributed by atoms with Gasteiger partial charge < -0.3 is 10.1 Å². The van der Waals surface area contributed by atoms with Crippen LogP contribution in [0.3, 0.4) is 0 Å². The zero-order chi connectivity index (χ0) is 19.4. The smallest absolute Gasteiger partial charge is 0.255 e. The summed E-state index contributed by atoms with van der Waals surface area (Å²) in [4.78, 5) is 16.8. The molecule has 0 aliphatic carbocycles. The van der Waals surface area contributed by atoms with Gasteiger partial charge in [0.05, 0.1) is 30.3 Å². The fourth-order valence-electron chi connectivity index (χ4n) is 2.85. The Hall–Kier alpha value is -2.86. The lowest BCUT2D eigenvalue weighted by Gasteiger charge is -2.13. The molecule has 0 atom stereocenters. The number of hydrogen-bond donors (Lipinski definition) is 1. The molecule has 1 amide bonds. The van der Waals surface area contributed by atoms with E-state index in [2.05, 4.69) is 15.4 Å². The molecule has 6 nitrogen and oxygen atoms in total. The summed E-state index contributed by atoms with van der Waals surface area (Å²) in [5.74, 6) is 0.439. The molecular formula is C20H21ClN4O2. The molecule has 0 saturated carbocycles. The van der Waals surface area contributed by atoms with Crippen molar-refractivity contribution in [1.82, 2.24) is 20.1 Å². The van der Waals surface area contributed by atoms with Gasteiger partial charge in [-0.2, -0.15) is 5.10 Å². The van der Waals surface area contributed by atoms with E-state index in [0.29, 0.717) is 23.0 Å². The van der Waals surface area contributed by atoms with Gasteiger partial charge in [-0.1, -0.05) is 31.5 Å². The Morgan fingerprint density at radius 2 is 2.11 bits per heavy atom. The number of nitrogens with one attached hydrogen (secondary N) is 1. The highest BCUT2D eigenvalue weighted by Gasteiger charge is 2.21. The molecule has 1 aromatic carbocycles. The summed E-state index contributed by atoms with van der Waals surface area (Å²) < 4.78 is 6.88. The molecule has 0 unspecified atom stereocenters. The molecule has 0 bridgehead atoms. The number of methoxy groups -OCH3 is 1. The minimum atomic E-state index is -0.178. The predicted octanol–water partition coefficient (Wildman–Crippen LogP) is 3.98. The van der Waals surface area contributed by atoms with Gasteiger partial charge in [0, 0.05) is 23.8 Å². The van der Waals surface area contributed by atoms with Crippen LogP contribution in [-0.2, 0) is 6.54 Å². The van der Waals surface area contributed by atoms with Crippen LogP contribution in [0, 0.1) is 0 Å². The molecule has 27 heavy (non-hydrogen) atoms. The maximum absolute atomic E-state index is 12.8. The zero-order valence-corrected chi connectivity index (χ0v) is 16.2. The number of carbonyl (C=O) groups is 1. The molecule has 2 aromatic heterocycles. The number of rotatable bonds is 6. The van der Waals surface area contributed by atoms with E-state index >= 15 is 0 Å². The van der Waals surface area contributed by atoms with Gasteiger partial charge in [-0.3, -0.25) is 4.79 Å². The van der Waals surface area contributed by atoms with Crippen LogP contribution < -0.4 is 10.1 Å². The first-order valence-electron chi connectivity index (χ1n) is 8.60. The first kappa shape index (κ1) is 18.9. The molecule has 3 rings (SSSR count). The lowest BCUT2D eigenvalue weighted by Crippen LogP contribution is -2.24. The minimum Gasteiger partial charge on any atom is -0.481 e. The zero-order valence-electron chi connectivity index (χ0n) is 15.4. The maximum Gasteiger partial charge on any atom is 0.255 e. The number of carbonyl (C=O) groups excluding carboxylic acids is 1. The first-order chi connectivity index (χ1) is 13.0. The fraction of sp³-hybridized carbons (Fsp3) is 0.250. The molecule has 0 spiro atoms. The van der Waals surface area contributed by atoms with Crippen LogP contribution in [-0.4, -0.2) is 27.8 Å². The summed E-state index contributed by atoms with van der Waals surface area (Å²) >= 11 is 6.10. The molecule has 0 aliphatic heterocycles. The number of nitrogens with zero attached hydrogens (tertiary/aromatic N) is 3. The van der Waals surface area contributed by atoms with Gasteiger partial charge in [0.1, 0.15) is 0 Å². The van der Waals surface area contributed by atoms with Crippen molar-refractivity contribution in [2.24, 2.45) is 0 Å². The molecule has 7 heteroatoms. The van der Waals surface area contributed by atoms with E-state index in [4.69, 9.17) is 16.3 Å². The highest BCUT2D eigenvalue weighted by atomic mass is 35.5. The normalized spacial score (nSPS) is 10.9. The molecular weight excluding hydrogens is 364 g/mol. The lowest BCUT2D eigenvalue weighted by atomic mass is 10.0. The lowest BCUT2D eigenvalue weighted by molar-refractivity contribution is 0.0949. The summed E-state index contributed by atoms with van der Waals surface area (Å²) in [5.41, 5.74) is 3.11. The van der Waals surface area contributed by atoms with Gasteiger partial charge in [-0.05, 0) is 35.7 Å². The molecule has 3 aromatic rings. The van der Waals surface area contributed by atoms with Crippen LogP contribution in [0.4, 0.5) is 0 Å². The number of ether oxygens (including phenoxy) is 1. The van der Waals surface area contributed by atoms with E-state index < -0.39 is 0 Å². The van der Waals surface area contributed by atoms with Crippen LogP contribution >= 0.6 is 11.6 Å². The third-order valence-electron chi connectivity index (χ3n) is 4.11. The molecule has 2 heterocycles. The number of benzene rings is 1. The number of halogens is 1. The van der Waals surface area contributed by atoms with E-state index in [1.807, 2.05) is 38.1 Å². The van der Waals surface area contributed by atoms with Gasteiger partial charge in [-0.25, -0.2) is 9.67 Å². The topological polar surface area (TPSA) is 69.0 Å². The highest BCUT2D eigenvalue weighted by Crippen LogP contribution is 2.24. The van der Waals surface area contributed by atoms with Crippen molar-refractivity contribution in [3.63, 3.8) is 0 Å². The van der Waals surface area contributed by atoms with Crippen molar-refractivity contribution >= 4 is 17.5 Å². The Kier molecular flexibility index (Phi) is 5.76. The van der Waals surface area contributed by atoms with Crippen molar-refractivity contribution in [2.75, 3.05) is 7.11 Å². The van der Waals surface area contributed by atoms with Gasteiger partial charge in [0.25, 0.3) is 5.91 Å². The van der Waals surface area contributed by atoms with E-state index in [9.17, 15) is 4.79 Å². The van der Waals surface area contributed by atoms with Crippen molar-refractivity contribution < 1.29 is 9.53 Å². The van der Waals surface area contributed by atoms with Crippen LogP contribution in [0.1, 0.15) is 41.4 Å².